The second kappa shape index (κ2) is 28.9. The van der Waals surface area contributed by atoms with Gasteiger partial charge in [0, 0.05) is 105 Å². The molecule has 3 fully saturated rings. The Kier molecular flexibility index (Phi) is 20.3. The standard InChI is InChI=1S/C39H32N4O.C18H14BrN.C8H18N2.C4H7NO/c44-39-40(31-21-25-37(26-22-31)42(33-13-5-1-6-14-33)34-15-7-2-8-16-34)29-30-41(39)32-23-27-38(28-24-32)43(35-17-9-3-10-18-35)36-19-11-4-12-20-36;19-15-11-13-18(14-12-15)20(16-7-3-1-4-8-16)17-9-5-2-6-10-17;1-9-7-5-3-4-6-8(7)10-2;6-4-2-1-3-5-4/h1-28H,29-30H2;1-14H;7-10H,3-6H2,1-2H3;1-3H2,(H,5,6)/t;;7-,8-;/m..1./s1. The van der Waals surface area contributed by atoms with Crippen LogP contribution in [0.3, 0.4) is 0 Å². The zero-order valence-corrected chi connectivity index (χ0v) is 47.3. The molecule has 10 nitrogen and oxygen atoms in total. The first-order chi connectivity index (χ1) is 39.4. The second-order valence-electron chi connectivity index (χ2n) is 19.6. The molecule has 1 saturated carbocycles. The number of carbonyl (C=O) groups excluding carboxylic acids is 2. The van der Waals surface area contributed by atoms with Gasteiger partial charge in [-0.3, -0.25) is 14.6 Å². The normalized spacial score (nSPS) is 15.4. The molecule has 0 bridgehead atoms. The minimum atomic E-state index is -0.0172. The van der Waals surface area contributed by atoms with E-state index in [4.69, 9.17) is 0 Å². The van der Waals surface area contributed by atoms with E-state index < -0.39 is 0 Å². The summed E-state index contributed by atoms with van der Waals surface area (Å²) < 4.78 is 1.09. The molecule has 0 unspecified atom stereocenters. The maximum absolute atomic E-state index is 13.7. The summed E-state index contributed by atoms with van der Waals surface area (Å²) in [5.41, 5.74) is 11.6. The SMILES string of the molecule is Brc1ccc(N(c2ccccc2)c2ccccc2)cc1.CN[C@@H]1CCCC[C@H]1NC.O=C1CCCN1.O=C1N(c2ccc(N(c3ccccc3)c3ccccc3)cc2)CCN1c1ccc(N(c2ccccc2)c2ccccc2)cc1. The molecule has 3 amide bonds. The van der Waals surface area contributed by atoms with E-state index in [0.29, 0.717) is 25.2 Å². The van der Waals surface area contributed by atoms with Crippen molar-refractivity contribution >= 4 is 90.4 Å². The lowest BCUT2D eigenvalue weighted by Gasteiger charge is -2.30. The second-order valence-corrected chi connectivity index (χ2v) is 20.6. The van der Waals surface area contributed by atoms with Gasteiger partial charge in [0.25, 0.3) is 0 Å². The number of anilines is 11. The molecule has 2 atom stereocenters. The lowest BCUT2D eigenvalue weighted by Crippen LogP contribution is -2.47. The summed E-state index contributed by atoms with van der Waals surface area (Å²) in [6.07, 6.45) is 7.22. The summed E-state index contributed by atoms with van der Waals surface area (Å²) in [7, 11) is 4.11. The van der Waals surface area contributed by atoms with Crippen LogP contribution < -0.4 is 40.4 Å². The van der Waals surface area contributed by atoms with Crippen LogP contribution in [0.4, 0.5) is 67.4 Å². The Labute approximate surface area is 481 Å². The summed E-state index contributed by atoms with van der Waals surface area (Å²) in [5.74, 6) is 0.204. The third-order valence-electron chi connectivity index (χ3n) is 14.4. The van der Waals surface area contributed by atoms with Crippen LogP contribution in [0.5, 0.6) is 0 Å². The third-order valence-corrected chi connectivity index (χ3v) is 15.0. The first-order valence-corrected chi connectivity index (χ1v) is 28.5. The van der Waals surface area contributed by atoms with Crippen LogP contribution in [0.15, 0.2) is 259 Å². The molecule has 2 aliphatic heterocycles. The van der Waals surface area contributed by atoms with Crippen molar-refractivity contribution in [3.63, 3.8) is 0 Å². The van der Waals surface area contributed by atoms with E-state index in [1.807, 2.05) is 119 Å². The molecular formula is C69H71BrN8O2. The molecule has 2 saturated heterocycles. The van der Waals surface area contributed by atoms with Gasteiger partial charge in [-0.2, -0.15) is 0 Å². The predicted octanol–water partition coefficient (Wildman–Crippen LogP) is 16.6. The summed E-state index contributed by atoms with van der Waals surface area (Å²) in [6.45, 7) is 2.14. The molecule has 2 heterocycles. The number of urea groups is 1. The average molecular weight is 1120 g/mol. The average Bonchev–Trinajstić information content (AvgIpc) is 4.19. The molecule has 0 aromatic heterocycles. The first kappa shape index (κ1) is 56.2. The summed E-state index contributed by atoms with van der Waals surface area (Å²) >= 11 is 3.49. The third kappa shape index (κ3) is 14.8. The molecule has 1 aliphatic carbocycles. The van der Waals surface area contributed by atoms with E-state index in [0.717, 1.165) is 86.4 Å². The Balaban J connectivity index is 0.000000174. The molecule has 0 radical (unpaired) electrons. The molecular weight excluding hydrogens is 1050 g/mol. The largest absolute Gasteiger partial charge is 0.356 e. The Hall–Kier alpha value is -8.48. The van der Waals surface area contributed by atoms with Crippen LogP contribution >= 0.6 is 15.9 Å². The number of nitrogens with zero attached hydrogens (tertiary/aromatic N) is 5. The number of para-hydroxylation sites is 6. The smallest absolute Gasteiger partial charge is 0.329 e. The number of hydrogen-bond donors (Lipinski definition) is 3. The number of halogens is 1. The minimum absolute atomic E-state index is 0.0172. The van der Waals surface area contributed by atoms with E-state index >= 15 is 0 Å². The van der Waals surface area contributed by atoms with Gasteiger partial charge < -0.3 is 30.7 Å². The fourth-order valence-electron chi connectivity index (χ4n) is 10.4. The molecule has 80 heavy (non-hydrogen) atoms. The van der Waals surface area contributed by atoms with Gasteiger partial charge in [0.1, 0.15) is 0 Å². The van der Waals surface area contributed by atoms with Gasteiger partial charge in [-0.15, -0.1) is 0 Å². The molecule has 9 aromatic rings. The number of hydrogen-bond acceptors (Lipinski definition) is 7. The van der Waals surface area contributed by atoms with Crippen molar-refractivity contribution in [3.8, 4) is 0 Å². The van der Waals surface area contributed by atoms with Crippen molar-refractivity contribution in [2.24, 2.45) is 0 Å². The number of likely N-dealkylation sites (N-methyl/N-ethyl adjacent to an activating group) is 2. The van der Waals surface area contributed by atoms with E-state index in [9.17, 15) is 9.59 Å². The highest BCUT2D eigenvalue weighted by Gasteiger charge is 2.31. The molecule has 9 aromatic carbocycles. The number of rotatable bonds is 13. The van der Waals surface area contributed by atoms with Crippen LogP contribution in [0.1, 0.15) is 38.5 Å². The van der Waals surface area contributed by atoms with Crippen LogP contribution in [0.25, 0.3) is 0 Å². The van der Waals surface area contributed by atoms with Gasteiger partial charge in [0.15, 0.2) is 0 Å². The van der Waals surface area contributed by atoms with Gasteiger partial charge in [-0.25, -0.2) is 4.79 Å². The highest BCUT2D eigenvalue weighted by Crippen LogP contribution is 2.39. The fourth-order valence-corrected chi connectivity index (χ4v) is 10.6. The number of benzene rings is 9. The fraction of sp³-hybridized carbons (Fsp3) is 0.188. The lowest BCUT2D eigenvalue weighted by molar-refractivity contribution is -0.119. The van der Waals surface area contributed by atoms with Crippen molar-refractivity contribution in [2.45, 2.75) is 50.6 Å². The Morgan fingerprint density at radius 1 is 0.388 bits per heavy atom. The lowest BCUT2D eigenvalue weighted by atomic mass is 9.91. The molecule has 11 heteroatoms. The van der Waals surface area contributed by atoms with Crippen molar-refractivity contribution in [3.05, 3.63) is 259 Å². The molecule has 3 aliphatic rings. The van der Waals surface area contributed by atoms with Crippen LogP contribution in [0, 0.1) is 0 Å². The molecule has 3 N–H and O–H groups in total. The van der Waals surface area contributed by atoms with E-state index in [1.54, 1.807) is 0 Å². The first-order valence-electron chi connectivity index (χ1n) is 27.7. The minimum Gasteiger partial charge on any atom is -0.356 e. The van der Waals surface area contributed by atoms with E-state index in [2.05, 4.69) is 206 Å². The van der Waals surface area contributed by atoms with E-state index in [-0.39, 0.29) is 11.9 Å². The summed E-state index contributed by atoms with van der Waals surface area (Å²) in [4.78, 5) is 34.2. The number of nitrogens with one attached hydrogen (secondary N) is 3. The van der Waals surface area contributed by atoms with Crippen molar-refractivity contribution in [1.29, 1.82) is 0 Å². The predicted molar refractivity (Wildman–Crippen MR) is 338 cm³/mol. The Morgan fingerprint density at radius 3 is 0.900 bits per heavy atom. The van der Waals surface area contributed by atoms with Crippen LogP contribution in [-0.2, 0) is 4.79 Å². The zero-order chi connectivity index (χ0) is 55.3. The van der Waals surface area contributed by atoms with E-state index in [1.165, 1.54) is 25.7 Å². The van der Waals surface area contributed by atoms with Crippen molar-refractivity contribution in [2.75, 3.05) is 58.2 Å². The van der Waals surface area contributed by atoms with Crippen molar-refractivity contribution in [1.82, 2.24) is 16.0 Å². The molecule has 0 spiro atoms. The quantitative estimate of drug-likeness (QED) is 0.106. The van der Waals surface area contributed by atoms with Crippen molar-refractivity contribution < 1.29 is 9.59 Å². The Morgan fingerprint density at radius 2 is 0.662 bits per heavy atom. The Bertz CT molecular complexity index is 2980. The van der Waals surface area contributed by atoms with Gasteiger partial charge in [-0.1, -0.05) is 138 Å². The highest BCUT2D eigenvalue weighted by atomic mass is 79.9. The number of amides is 3. The maximum atomic E-state index is 13.7. The van der Waals surface area contributed by atoms with Crippen LogP contribution in [-0.4, -0.2) is 57.8 Å². The maximum Gasteiger partial charge on any atom is 0.329 e. The number of carbonyl (C=O) groups is 2. The molecule has 406 valence electrons. The van der Waals surface area contributed by atoms with Gasteiger partial charge >= 0.3 is 6.03 Å². The monoisotopic (exact) mass is 1120 g/mol. The topological polar surface area (TPSA) is 86.4 Å². The van der Waals surface area contributed by atoms with Gasteiger partial charge in [-0.05, 0) is 179 Å². The van der Waals surface area contributed by atoms with Gasteiger partial charge in [0.05, 0.1) is 0 Å². The summed E-state index contributed by atoms with van der Waals surface area (Å²) in [6, 6.07) is 88.3. The van der Waals surface area contributed by atoms with Crippen LogP contribution in [0.2, 0.25) is 0 Å². The highest BCUT2D eigenvalue weighted by molar-refractivity contribution is 9.10. The summed E-state index contributed by atoms with van der Waals surface area (Å²) in [5, 5.41) is 9.37. The molecule has 12 rings (SSSR count). The zero-order valence-electron chi connectivity index (χ0n) is 45.7. The van der Waals surface area contributed by atoms with Gasteiger partial charge in [0.2, 0.25) is 5.91 Å².